The first-order valence-electron chi connectivity index (χ1n) is 11.9. The Morgan fingerprint density at radius 1 is 0.853 bits per heavy atom. The molecule has 0 bridgehead atoms. The zero-order valence-electron chi connectivity index (χ0n) is 20.2. The van der Waals surface area contributed by atoms with Gasteiger partial charge < -0.3 is 20.5 Å². The van der Waals surface area contributed by atoms with Crippen molar-refractivity contribution in [2.45, 2.75) is 58.5 Å². The summed E-state index contributed by atoms with van der Waals surface area (Å²) in [6.07, 6.45) is 0.533. The number of benzene rings is 2. The van der Waals surface area contributed by atoms with Crippen molar-refractivity contribution in [1.29, 1.82) is 0 Å². The number of nitrogens with one attached hydrogen (secondary N) is 2. The number of carboxylic acid groups (broad SMARTS) is 1. The number of carboxylic acids is 1. The van der Waals surface area contributed by atoms with Gasteiger partial charge in [-0.25, -0.2) is 9.59 Å². The predicted octanol–water partition coefficient (Wildman–Crippen LogP) is 4.56. The summed E-state index contributed by atoms with van der Waals surface area (Å²) >= 11 is 0. The summed E-state index contributed by atoms with van der Waals surface area (Å²) in [6, 6.07) is 14.2. The van der Waals surface area contributed by atoms with E-state index in [1.54, 1.807) is 6.92 Å². The maximum Gasteiger partial charge on any atom is 0.407 e. The summed E-state index contributed by atoms with van der Waals surface area (Å²) in [6.45, 7) is 7.53. The van der Waals surface area contributed by atoms with E-state index in [-0.39, 0.29) is 24.4 Å². The number of hydrogen-bond acceptors (Lipinski definition) is 4. The predicted molar refractivity (Wildman–Crippen MR) is 130 cm³/mol. The number of ether oxygens (including phenoxy) is 1. The SMILES string of the molecule is CCC(C)C(NC(=O)OCC1c2ccccc2-c2ccccc21)C(=O)N[C@H](C(=O)O)C(C)CC. The van der Waals surface area contributed by atoms with E-state index in [2.05, 4.69) is 22.8 Å². The van der Waals surface area contributed by atoms with Crippen molar-refractivity contribution in [3.63, 3.8) is 0 Å². The standard InChI is InChI=1S/C27H34N2O5/c1-5-16(3)23(25(30)28-24(26(31)32)17(4)6-2)29-27(33)34-15-22-20-13-9-7-11-18(20)19-12-8-10-14-21(19)22/h7-14,16-17,22-24H,5-6,15H2,1-4H3,(H,28,30)(H,29,33)(H,31,32)/t16?,17?,23?,24-/m0/s1. The molecule has 0 saturated heterocycles. The molecule has 2 amide bonds. The minimum Gasteiger partial charge on any atom is -0.480 e. The van der Waals surface area contributed by atoms with E-state index in [0.29, 0.717) is 12.8 Å². The number of fused-ring (bicyclic) bond motifs is 3. The minimum atomic E-state index is -1.09. The Bertz CT molecular complexity index is 992. The molecule has 0 radical (unpaired) electrons. The molecule has 0 fully saturated rings. The third-order valence-electron chi connectivity index (χ3n) is 6.89. The van der Waals surface area contributed by atoms with Crippen molar-refractivity contribution in [3.8, 4) is 11.1 Å². The fourth-order valence-corrected chi connectivity index (χ4v) is 4.40. The number of aliphatic carboxylic acids is 1. The van der Waals surface area contributed by atoms with Gasteiger partial charge in [-0.2, -0.15) is 0 Å². The quantitative estimate of drug-likeness (QED) is 0.476. The van der Waals surface area contributed by atoms with Gasteiger partial charge in [-0.1, -0.05) is 89.1 Å². The molecule has 0 aromatic heterocycles. The monoisotopic (exact) mass is 466 g/mol. The topological polar surface area (TPSA) is 105 Å². The van der Waals surface area contributed by atoms with Crippen molar-refractivity contribution in [3.05, 3.63) is 59.7 Å². The Labute approximate surface area is 200 Å². The Morgan fingerprint density at radius 3 is 1.85 bits per heavy atom. The van der Waals surface area contributed by atoms with Crippen molar-refractivity contribution >= 4 is 18.0 Å². The molecule has 3 N–H and O–H groups in total. The van der Waals surface area contributed by atoms with Crippen molar-refractivity contribution in [2.75, 3.05) is 6.61 Å². The van der Waals surface area contributed by atoms with Crippen molar-refractivity contribution in [1.82, 2.24) is 10.6 Å². The van der Waals surface area contributed by atoms with Crippen LogP contribution in [0.5, 0.6) is 0 Å². The summed E-state index contributed by atoms with van der Waals surface area (Å²) in [4.78, 5) is 37.3. The molecule has 0 aliphatic heterocycles. The molecule has 1 aliphatic rings. The van der Waals surface area contributed by atoms with Crippen LogP contribution in [0.4, 0.5) is 4.79 Å². The van der Waals surface area contributed by atoms with E-state index in [4.69, 9.17) is 4.74 Å². The van der Waals surface area contributed by atoms with Gasteiger partial charge in [-0.15, -0.1) is 0 Å². The zero-order valence-corrected chi connectivity index (χ0v) is 20.2. The van der Waals surface area contributed by atoms with Gasteiger partial charge in [0.05, 0.1) is 0 Å². The molecule has 1 aliphatic carbocycles. The van der Waals surface area contributed by atoms with Gasteiger partial charge in [-0.05, 0) is 34.1 Å². The Balaban J connectivity index is 1.69. The summed E-state index contributed by atoms with van der Waals surface area (Å²) < 4.78 is 5.59. The first-order chi connectivity index (χ1) is 16.3. The largest absolute Gasteiger partial charge is 0.480 e. The fourth-order valence-electron chi connectivity index (χ4n) is 4.40. The van der Waals surface area contributed by atoms with Gasteiger partial charge in [0.15, 0.2) is 0 Å². The van der Waals surface area contributed by atoms with Crippen LogP contribution in [0.25, 0.3) is 11.1 Å². The third-order valence-corrected chi connectivity index (χ3v) is 6.89. The molecule has 2 aromatic carbocycles. The Kier molecular flexibility index (Phi) is 8.31. The van der Waals surface area contributed by atoms with Gasteiger partial charge in [0.1, 0.15) is 18.7 Å². The lowest BCUT2D eigenvalue weighted by atomic mass is 9.95. The number of carbonyl (C=O) groups is 3. The molecule has 0 saturated carbocycles. The minimum absolute atomic E-state index is 0.0872. The smallest absolute Gasteiger partial charge is 0.407 e. The first-order valence-corrected chi connectivity index (χ1v) is 11.9. The Hall–Kier alpha value is -3.35. The molecule has 7 heteroatoms. The van der Waals surface area contributed by atoms with Crippen LogP contribution in [0.2, 0.25) is 0 Å². The highest BCUT2D eigenvalue weighted by atomic mass is 16.5. The van der Waals surface area contributed by atoms with E-state index in [1.807, 2.05) is 57.2 Å². The molecular weight excluding hydrogens is 432 g/mol. The highest BCUT2D eigenvalue weighted by molar-refractivity contribution is 5.89. The van der Waals surface area contributed by atoms with Crippen LogP contribution in [0.15, 0.2) is 48.5 Å². The van der Waals surface area contributed by atoms with Crippen LogP contribution in [0, 0.1) is 11.8 Å². The summed E-state index contributed by atoms with van der Waals surface area (Å²) in [5, 5.41) is 14.8. The molecular formula is C27H34N2O5. The summed E-state index contributed by atoms with van der Waals surface area (Å²) in [5.41, 5.74) is 4.47. The van der Waals surface area contributed by atoms with E-state index in [0.717, 1.165) is 22.3 Å². The van der Waals surface area contributed by atoms with Crippen LogP contribution in [0.1, 0.15) is 57.6 Å². The first kappa shape index (κ1) is 25.3. The van der Waals surface area contributed by atoms with Crippen molar-refractivity contribution < 1.29 is 24.2 Å². The molecule has 4 atom stereocenters. The molecule has 3 unspecified atom stereocenters. The summed E-state index contributed by atoms with van der Waals surface area (Å²) in [7, 11) is 0. The van der Waals surface area contributed by atoms with Gasteiger partial charge in [0.25, 0.3) is 0 Å². The highest BCUT2D eigenvalue weighted by Gasteiger charge is 2.33. The van der Waals surface area contributed by atoms with E-state index >= 15 is 0 Å². The number of hydrogen-bond donors (Lipinski definition) is 3. The Morgan fingerprint density at radius 2 is 1.35 bits per heavy atom. The fraction of sp³-hybridized carbons (Fsp3) is 0.444. The summed E-state index contributed by atoms with van der Waals surface area (Å²) in [5.74, 6) is -2.14. The highest BCUT2D eigenvalue weighted by Crippen LogP contribution is 2.44. The molecule has 0 spiro atoms. The number of amides is 2. The molecule has 0 heterocycles. The van der Waals surface area contributed by atoms with Gasteiger partial charge in [0, 0.05) is 5.92 Å². The molecule has 3 rings (SSSR count). The lowest BCUT2D eigenvalue weighted by Crippen LogP contribution is -2.55. The maximum absolute atomic E-state index is 13.0. The maximum atomic E-state index is 13.0. The average molecular weight is 467 g/mol. The number of rotatable bonds is 10. The van der Waals surface area contributed by atoms with Crippen LogP contribution >= 0.6 is 0 Å². The third kappa shape index (κ3) is 5.41. The molecule has 182 valence electrons. The second-order valence-electron chi connectivity index (χ2n) is 9.04. The average Bonchev–Trinajstić information content (AvgIpc) is 3.17. The second-order valence-corrected chi connectivity index (χ2v) is 9.04. The number of alkyl carbamates (subject to hydrolysis) is 1. The zero-order chi connectivity index (χ0) is 24.8. The lowest BCUT2D eigenvalue weighted by molar-refractivity contribution is -0.143. The van der Waals surface area contributed by atoms with E-state index in [9.17, 15) is 19.5 Å². The van der Waals surface area contributed by atoms with Gasteiger partial charge in [0.2, 0.25) is 5.91 Å². The normalized spacial score (nSPS) is 15.9. The van der Waals surface area contributed by atoms with Crippen molar-refractivity contribution in [2.24, 2.45) is 11.8 Å². The van der Waals surface area contributed by atoms with Crippen LogP contribution in [0.3, 0.4) is 0 Å². The van der Waals surface area contributed by atoms with E-state index in [1.165, 1.54) is 0 Å². The van der Waals surface area contributed by atoms with Gasteiger partial charge in [-0.3, -0.25) is 4.79 Å². The van der Waals surface area contributed by atoms with Crippen LogP contribution in [-0.2, 0) is 14.3 Å². The molecule has 34 heavy (non-hydrogen) atoms. The van der Waals surface area contributed by atoms with E-state index < -0.39 is 30.1 Å². The van der Waals surface area contributed by atoms with Crippen LogP contribution < -0.4 is 10.6 Å². The van der Waals surface area contributed by atoms with Crippen LogP contribution in [-0.4, -0.2) is 41.8 Å². The second kappa shape index (κ2) is 11.2. The van der Waals surface area contributed by atoms with Gasteiger partial charge >= 0.3 is 12.1 Å². The lowest BCUT2D eigenvalue weighted by Gasteiger charge is -2.27. The number of carbonyl (C=O) groups excluding carboxylic acids is 2. The molecule has 2 aromatic rings. The molecule has 7 nitrogen and oxygen atoms in total.